The lowest BCUT2D eigenvalue weighted by molar-refractivity contribution is -0.0146. The van der Waals surface area contributed by atoms with Crippen LogP contribution in [0.25, 0.3) is 0 Å². The maximum Gasteiger partial charge on any atom is 0.113 e. The van der Waals surface area contributed by atoms with E-state index >= 15 is 0 Å². The predicted molar refractivity (Wildman–Crippen MR) is 108 cm³/mol. The quantitative estimate of drug-likeness (QED) is 0.348. The second kappa shape index (κ2) is 7.34. The minimum Gasteiger partial charge on any atom is -0.376 e. The molecule has 0 N–H and O–H groups in total. The van der Waals surface area contributed by atoms with Gasteiger partial charge in [-0.25, -0.2) is 0 Å². The molecule has 3 saturated carbocycles. The van der Waals surface area contributed by atoms with Gasteiger partial charge in [-0.2, -0.15) is 0 Å². The molecule has 0 aliphatic heterocycles. The molecule has 3 aliphatic carbocycles. The van der Waals surface area contributed by atoms with E-state index in [0.29, 0.717) is 0 Å². The van der Waals surface area contributed by atoms with Crippen LogP contribution in [0.4, 0.5) is 0 Å². The molecule has 0 aromatic carbocycles. The first-order chi connectivity index (χ1) is 11.1. The Kier molecular flexibility index (Phi) is 5.94. The molecule has 2 nitrogen and oxygen atoms in total. The van der Waals surface area contributed by atoms with E-state index < -0.39 is 0 Å². The van der Waals surface area contributed by atoms with Crippen LogP contribution in [0.5, 0.6) is 0 Å². The van der Waals surface area contributed by atoms with Gasteiger partial charge in [-0.15, -0.1) is 0 Å². The van der Waals surface area contributed by atoms with E-state index in [0.717, 1.165) is 48.7 Å². The van der Waals surface area contributed by atoms with Crippen molar-refractivity contribution in [1.82, 2.24) is 0 Å². The fourth-order valence-electron chi connectivity index (χ4n) is 5.88. The number of hydrogen-bond donors (Lipinski definition) is 0. The summed E-state index contributed by atoms with van der Waals surface area (Å²) < 4.78 is 11.9. The molecule has 6 unspecified atom stereocenters. The highest BCUT2D eigenvalue weighted by Crippen LogP contribution is 2.63. The van der Waals surface area contributed by atoms with Crippen molar-refractivity contribution in [2.24, 2.45) is 35.5 Å². The molecule has 0 aromatic rings. The lowest BCUT2D eigenvalue weighted by Crippen LogP contribution is -2.27. The minimum absolute atomic E-state index is 0.0105. The van der Waals surface area contributed by atoms with E-state index in [1.54, 1.807) is 0 Å². The van der Waals surface area contributed by atoms with Crippen LogP contribution in [-0.4, -0.2) is 22.4 Å². The zero-order valence-electron chi connectivity index (χ0n) is 16.3. The maximum absolute atomic E-state index is 6.00. The van der Waals surface area contributed by atoms with Crippen LogP contribution in [0, 0.1) is 35.5 Å². The first kappa shape index (κ1) is 19.4. The van der Waals surface area contributed by atoms with Gasteiger partial charge in [0, 0.05) is 13.2 Å². The number of ether oxygens (including phenoxy) is 2. The smallest absolute Gasteiger partial charge is 0.113 e. The molecular formula is C21H37IO2. The lowest BCUT2D eigenvalue weighted by atomic mass is 9.75. The van der Waals surface area contributed by atoms with Crippen molar-refractivity contribution in [1.29, 1.82) is 0 Å². The van der Waals surface area contributed by atoms with Gasteiger partial charge >= 0.3 is 0 Å². The molecule has 140 valence electrons. The second-order valence-corrected chi connectivity index (χ2v) is 12.7. The Morgan fingerprint density at radius 3 is 2.12 bits per heavy atom. The number of hydrogen-bond acceptors (Lipinski definition) is 2. The molecule has 6 atom stereocenters. The van der Waals surface area contributed by atoms with Crippen LogP contribution >= 0.6 is 22.6 Å². The molecular weight excluding hydrogens is 411 g/mol. The van der Waals surface area contributed by atoms with Crippen molar-refractivity contribution in [2.45, 2.75) is 82.4 Å². The van der Waals surface area contributed by atoms with Gasteiger partial charge in [-0.05, 0) is 131 Å². The van der Waals surface area contributed by atoms with Gasteiger partial charge in [0.2, 0.25) is 0 Å². The monoisotopic (exact) mass is 448 g/mol. The Morgan fingerprint density at radius 2 is 1.46 bits per heavy atom. The fraction of sp³-hybridized carbons (Fsp3) is 1.00. The largest absolute Gasteiger partial charge is 0.376 e. The normalized spacial score (nSPS) is 38.8. The summed E-state index contributed by atoms with van der Waals surface area (Å²) in [4.78, 5) is 0. The molecule has 0 heterocycles. The maximum atomic E-state index is 6.00. The third-order valence-corrected chi connectivity index (χ3v) is 7.01. The van der Waals surface area contributed by atoms with Crippen molar-refractivity contribution in [3.8, 4) is 0 Å². The highest BCUT2D eigenvalue weighted by atomic mass is 127. The summed E-state index contributed by atoms with van der Waals surface area (Å²) >= 11 is 2.39. The lowest BCUT2D eigenvalue weighted by Gasteiger charge is -2.32. The molecule has 3 aliphatic rings. The number of fused-ring (bicyclic) bond motifs is 5. The van der Waals surface area contributed by atoms with E-state index in [1.165, 1.54) is 38.5 Å². The Labute approximate surface area is 163 Å². The Bertz CT molecular complexity index is 423. The average Bonchev–Trinajstić information content (AvgIpc) is 3.05. The van der Waals surface area contributed by atoms with Crippen molar-refractivity contribution in [3.05, 3.63) is 0 Å². The Hall–Kier alpha value is 0.650. The van der Waals surface area contributed by atoms with Crippen molar-refractivity contribution >= 4 is 22.6 Å². The van der Waals surface area contributed by atoms with E-state index in [9.17, 15) is 0 Å². The summed E-state index contributed by atoms with van der Waals surface area (Å²) in [5.41, 5.74) is 0.0189. The van der Waals surface area contributed by atoms with Gasteiger partial charge in [0.25, 0.3) is 0 Å². The topological polar surface area (TPSA) is 18.5 Å². The fourth-order valence-corrected chi connectivity index (χ4v) is 6.10. The summed E-state index contributed by atoms with van der Waals surface area (Å²) in [7, 11) is 0. The number of halogens is 1. The molecule has 2 bridgehead atoms. The minimum atomic E-state index is -0.0105. The summed E-state index contributed by atoms with van der Waals surface area (Å²) in [6, 6.07) is 0. The van der Waals surface area contributed by atoms with E-state index in [2.05, 4.69) is 57.2 Å². The summed E-state index contributed by atoms with van der Waals surface area (Å²) in [6.45, 7) is 12.7. The number of rotatable bonds is 7. The molecule has 3 rings (SSSR count). The Balaban J connectivity index is 1.43. The third-order valence-electron chi connectivity index (χ3n) is 6.70. The van der Waals surface area contributed by atoms with Gasteiger partial charge in [0.1, 0.15) is 3.61 Å². The van der Waals surface area contributed by atoms with Crippen LogP contribution in [0.15, 0.2) is 0 Å². The van der Waals surface area contributed by atoms with Crippen LogP contribution in [0.1, 0.15) is 73.1 Å². The van der Waals surface area contributed by atoms with Crippen molar-refractivity contribution in [2.75, 3.05) is 13.2 Å². The molecule has 0 spiro atoms. The van der Waals surface area contributed by atoms with E-state index in [-0.39, 0.29) is 9.21 Å². The van der Waals surface area contributed by atoms with Crippen molar-refractivity contribution in [3.63, 3.8) is 0 Å². The standard InChI is InChI=1S/C21H37IO2/c1-20(2,3)23-9-7-15-12-16-13-18(15)19-11-14(10-17(16)19)6-8-24-21(4,5)22/h14-19H,6-13H2,1-5H3. The highest BCUT2D eigenvalue weighted by Gasteiger charge is 2.55. The summed E-state index contributed by atoms with van der Waals surface area (Å²) in [6.07, 6.45) is 8.55. The number of alkyl halides is 1. The Morgan fingerprint density at radius 1 is 0.792 bits per heavy atom. The molecule has 3 fully saturated rings. The van der Waals surface area contributed by atoms with Crippen LogP contribution < -0.4 is 0 Å². The van der Waals surface area contributed by atoms with Gasteiger partial charge in [0.05, 0.1) is 5.60 Å². The summed E-state index contributed by atoms with van der Waals surface area (Å²) in [5, 5.41) is 0. The first-order valence-corrected chi connectivity index (χ1v) is 11.2. The summed E-state index contributed by atoms with van der Waals surface area (Å²) in [5.74, 6) is 5.99. The molecule has 24 heavy (non-hydrogen) atoms. The molecule has 0 radical (unpaired) electrons. The first-order valence-electron chi connectivity index (χ1n) is 10.1. The van der Waals surface area contributed by atoms with E-state index in [4.69, 9.17) is 9.47 Å². The van der Waals surface area contributed by atoms with Crippen LogP contribution in [-0.2, 0) is 9.47 Å². The van der Waals surface area contributed by atoms with Gasteiger partial charge in [0.15, 0.2) is 0 Å². The zero-order valence-corrected chi connectivity index (χ0v) is 18.5. The zero-order chi connectivity index (χ0) is 17.5. The predicted octanol–water partition coefficient (Wildman–Crippen LogP) is 6.07. The molecule has 0 aromatic heterocycles. The van der Waals surface area contributed by atoms with Gasteiger partial charge < -0.3 is 9.47 Å². The van der Waals surface area contributed by atoms with E-state index in [1.807, 2.05) is 0 Å². The highest BCUT2D eigenvalue weighted by molar-refractivity contribution is 14.1. The molecule has 3 heteroatoms. The van der Waals surface area contributed by atoms with Gasteiger partial charge in [-0.1, -0.05) is 0 Å². The molecule has 0 amide bonds. The second-order valence-electron chi connectivity index (χ2n) is 10.1. The van der Waals surface area contributed by atoms with Gasteiger partial charge in [-0.3, -0.25) is 0 Å². The molecule has 0 saturated heterocycles. The average molecular weight is 448 g/mol. The third kappa shape index (κ3) is 4.88. The van der Waals surface area contributed by atoms with Crippen LogP contribution in [0.3, 0.4) is 0 Å². The van der Waals surface area contributed by atoms with Crippen LogP contribution in [0.2, 0.25) is 0 Å². The van der Waals surface area contributed by atoms with Crippen molar-refractivity contribution < 1.29 is 9.47 Å². The SMILES string of the molecule is CC(C)(C)OCCC1CC2CC1C1CC(CCOC(C)(C)I)CC21.